The van der Waals surface area contributed by atoms with Crippen molar-refractivity contribution >= 4 is 11.0 Å². The largest absolute Gasteiger partial charge is 0.433 e. The summed E-state index contributed by atoms with van der Waals surface area (Å²) in [5.74, 6) is 1.60. The van der Waals surface area contributed by atoms with Crippen LogP contribution in [0.1, 0.15) is 90.6 Å². The van der Waals surface area contributed by atoms with Crippen molar-refractivity contribution < 1.29 is 13.2 Å². The first-order valence-electron chi connectivity index (χ1n) is 12.0. The van der Waals surface area contributed by atoms with Crippen molar-refractivity contribution in [3.63, 3.8) is 0 Å². The summed E-state index contributed by atoms with van der Waals surface area (Å²) in [6.45, 7) is 1.70. The topological polar surface area (TPSA) is 126 Å². The molecule has 4 heterocycles. The Morgan fingerprint density at radius 3 is 2.38 bits per heavy atom. The van der Waals surface area contributed by atoms with E-state index in [1.807, 2.05) is 18.5 Å². The maximum atomic E-state index is 13.1. The van der Waals surface area contributed by atoms with Gasteiger partial charge >= 0.3 is 6.18 Å². The Morgan fingerprint density at radius 1 is 1.08 bits per heavy atom. The molecule has 4 aromatic rings. The number of alkyl halides is 3. The second-order valence-corrected chi connectivity index (χ2v) is 9.64. The minimum atomic E-state index is -4.56. The zero-order valence-electron chi connectivity index (χ0n) is 19.7. The van der Waals surface area contributed by atoms with Crippen molar-refractivity contribution in [2.75, 3.05) is 0 Å². The van der Waals surface area contributed by atoms with Gasteiger partial charge in [0.05, 0.1) is 6.04 Å². The van der Waals surface area contributed by atoms with Gasteiger partial charge in [-0.15, -0.1) is 0 Å². The zero-order valence-corrected chi connectivity index (χ0v) is 19.7. The lowest BCUT2D eigenvalue weighted by atomic mass is 9.72. The van der Waals surface area contributed by atoms with E-state index in [2.05, 4.69) is 25.0 Å². The van der Waals surface area contributed by atoms with E-state index in [4.69, 9.17) is 4.98 Å². The monoisotopic (exact) mass is 506 g/mol. The number of hydrogen-bond donors (Lipinski definition) is 1. The average molecular weight is 506 g/mol. The van der Waals surface area contributed by atoms with Gasteiger partial charge in [-0.1, -0.05) is 6.07 Å². The van der Waals surface area contributed by atoms with Gasteiger partial charge in [0.2, 0.25) is 0 Å². The minimum absolute atomic E-state index is 0.00259. The zero-order chi connectivity index (χ0) is 25.9. The molecule has 4 aromatic heterocycles. The SMILES string of the molecule is CC(c1ccc(C(F)(F)F)nc1)n1nc(C#N)c2c(=O)[nH]c([C@H]3CC[C@@H]3c3ncc(C4CC4)cn3)nc21. The molecule has 2 aliphatic carbocycles. The van der Waals surface area contributed by atoms with Gasteiger partial charge in [0, 0.05) is 30.4 Å². The van der Waals surface area contributed by atoms with E-state index in [0.29, 0.717) is 23.1 Å². The van der Waals surface area contributed by atoms with Crippen LogP contribution in [-0.2, 0) is 6.18 Å². The molecule has 2 fully saturated rings. The number of H-pyrrole nitrogens is 1. The molecule has 2 saturated carbocycles. The number of rotatable bonds is 5. The molecular formula is C25H21F3N8O. The van der Waals surface area contributed by atoms with Gasteiger partial charge in [-0.3, -0.25) is 9.78 Å². The van der Waals surface area contributed by atoms with Crippen LogP contribution in [0.25, 0.3) is 11.0 Å². The first-order chi connectivity index (χ1) is 17.7. The van der Waals surface area contributed by atoms with Crippen LogP contribution in [0.2, 0.25) is 0 Å². The highest BCUT2D eigenvalue weighted by Gasteiger charge is 2.38. The normalized spacial score (nSPS) is 20.4. The van der Waals surface area contributed by atoms with Crippen LogP contribution in [0.15, 0.2) is 35.5 Å². The predicted molar refractivity (Wildman–Crippen MR) is 125 cm³/mol. The van der Waals surface area contributed by atoms with Crippen molar-refractivity contribution in [1.29, 1.82) is 5.26 Å². The lowest BCUT2D eigenvalue weighted by Gasteiger charge is -2.34. The molecule has 9 nitrogen and oxygen atoms in total. The van der Waals surface area contributed by atoms with Gasteiger partial charge in [-0.05, 0) is 55.7 Å². The van der Waals surface area contributed by atoms with E-state index < -0.39 is 23.5 Å². The number of aromatic amines is 1. The number of nitriles is 1. The molecule has 2 aliphatic rings. The second-order valence-electron chi connectivity index (χ2n) is 9.64. The highest BCUT2D eigenvalue weighted by Crippen LogP contribution is 2.47. The molecule has 37 heavy (non-hydrogen) atoms. The molecular weight excluding hydrogens is 485 g/mol. The summed E-state index contributed by atoms with van der Waals surface area (Å²) in [7, 11) is 0. The first kappa shape index (κ1) is 23.3. The van der Waals surface area contributed by atoms with E-state index in [1.165, 1.54) is 23.6 Å². The van der Waals surface area contributed by atoms with Crippen molar-refractivity contribution in [3.8, 4) is 6.07 Å². The van der Waals surface area contributed by atoms with Crippen LogP contribution in [-0.4, -0.2) is 34.7 Å². The fourth-order valence-corrected chi connectivity index (χ4v) is 4.85. The van der Waals surface area contributed by atoms with Gasteiger partial charge in [-0.2, -0.15) is 23.5 Å². The molecule has 3 atom stereocenters. The quantitative estimate of drug-likeness (QED) is 0.427. The number of halogens is 3. The van der Waals surface area contributed by atoms with Gasteiger partial charge in [0.25, 0.3) is 5.56 Å². The lowest BCUT2D eigenvalue weighted by molar-refractivity contribution is -0.141. The Labute approximate surface area is 208 Å². The summed E-state index contributed by atoms with van der Waals surface area (Å²) >= 11 is 0. The summed E-state index contributed by atoms with van der Waals surface area (Å²) in [6, 6.07) is 3.49. The summed E-state index contributed by atoms with van der Waals surface area (Å²) in [5, 5.41) is 13.9. The van der Waals surface area contributed by atoms with E-state index in [9.17, 15) is 23.2 Å². The number of nitrogens with one attached hydrogen (secondary N) is 1. The fraction of sp³-hybridized carbons (Fsp3) is 0.400. The Hall–Kier alpha value is -4.14. The second kappa shape index (κ2) is 8.47. The third kappa shape index (κ3) is 4.04. The van der Waals surface area contributed by atoms with Crippen LogP contribution in [0.5, 0.6) is 0 Å². The Balaban J connectivity index is 1.36. The third-order valence-corrected chi connectivity index (χ3v) is 7.31. The minimum Gasteiger partial charge on any atom is -0.310 e. The van der Waals surface area contributed by atoms with Gasteiger partial charge in [0.1, 0.15) is 28.8 Å². The molecule has 6 rings (SSSR count). The van der Waals surface area contributed by atoms with Crippen LogP contribution in [0.3, 0.4) is 0 Å². The highest BCUT2D eigenvalue weighted by atomic mass is 19.4. The van der Waals surface area contributed by atoms with E-state index in [1.54, 1.807) is 6.92 Å². The Kier molecular flexibility index (Phi) is 5.33. The molecule has 0 aliphatic heterocycles. The molecule has 0 radical (unpaired) electrons. The van der Waals surface area contributed by atoms with Crippen LogP contribution in [0.4, 0.5) is 13.2 Å². The van der Waals surface area contributed by atoms with Crippen LogP contribution >= 0.6 is 0 Å². The van der Waals surface area contributed by atoms with Crippen molar-refractivity contribution in [1.82, 2.24) is 34.7 Å². The van der Waals surface area contributed by atoms with E-state index in [0.717, 1.165) is 30.7 Å². The molecule has 0 spiro atoms. The van der Waals surface area contributed by atoms with Crippen molar-refractivity contribution in [2.24, 2.45) is 0 Å². The number of aromatic nitrogens is 7. The van der Waals surface area contributed by atoms with E-state index >= 15 is 0 Å². The maximum Gasteiger partial charge on any atom is 0.433 e. The summed E-state index contributed by atoms with van der Waals surface area (Å²) < 4.78 is 40.2. The molecule has 0 saturated heterocycles. The van der Waals surface area contributed by atoms with E-state index in [-0.39, 0.29) is 28.6 Å². The molecule has 12 heteroatoms. The fourth-order valence-electron chi connectivity index (χ4n) is 4.85. The summed E-state index contributed by atoms with van der Waals surface area (Å²) in [6.07, 6.45) is 4.28. The Bertz CT molecular complexity index is 1580. The highest BCUT2D eigenvalue weighted by molar-refractivity contribution is 5.80. The maximum absolute atomic E-state index is 13.1. The standard InChI is InChI=1S/C25H21F3N8O/c1-12(14-4-7-19(30-9-14)25(26,27)28)36-23-20(18(8-29)35-36)24(37)34-22(33-23)17-6-5-16(17)21-31-10-15(11-32-21)13-2-3-13/h4,7,9-13,16-17H,2-3,5-6H2,1H3,(H,33,34,37)/t12?,16-,17-/m0/s1. The van der Waals surface area contributed by atoms with Gasteiger partial charge in [0.15, 0.2) is 11.3 Å². The molecule has 1 N–H and O–H groups in total. The first-order valence-corrected chi connectivity index (χ1v) is 12.0. The molecule has 0 bridgehead atoms. The predicted octanol–water partition coefficient (Wildman–Crippen LogP) is 4.34. The van der Waals surface area contributed by atoms with Gasteiger partial charge in [-0.25, -0.2) is 19.6 Å². The van der Waals surface area contributed by atoms with Crippen LogP contribution in [0, 0.1) is 11.3 Å². The van der Waals surface area contributed by atoms with Crippen LogP contribution < -0.4 is 5.56 Å². The average Bonchev–Trinajstić information content (AvgIpc) is 3.63. The number of nitrogens with zero attached hydrogens (tertiary/aromatic N) is 7. The summed E-state index contributed by atoms with van der Waals surface area (Å²) in [4.78, 5) is 33.2. The van der Waals surface area contributed by atoms with Crippen molar-refractivity contribution in [2.45, 2.75) is 62.6 Å². The number of hydrogen-bond acceptors (Lipinski definition) is 7. The molecule has 1 unspecified atom stereocenters. The smallest absolute Gasteiger partial charge is 0.310 e. The third-order valence-electron chi connectivity index (χ3n) is 7.31. The number of pyridine rings is 1. The number of fused-ring (bicyclic) bond motifs is 1. The lowest BCUT2D eigenvalue weighted by Crippen LogP contribution is -2.28. The Morgan fingerprint density at radius 2 is 1.81 bits per heavy atom. The van der Waals surface area contributed by atoms with Crippen molar-refractivity contribution in [3.05, 3.63) is 75.2 Å². The van der Waals surface area contributed by atoms with Gasteiger partial charge < -0.3 is 4.98 Å². The molecule has 0 aromatic carbocycles. The molecule has 0 amide bonds. The summed E-state index contributed by atoms with van der Waals surface area (Å²) in [5.41, 5.74) is 0.163. The molecule has 188 valence electrons.